The third-order valence-electron chi connectivity index (χ3n) is 4.36. The summed E-state index contributed by atoms with van der Waals surface area (Å²) in [5.74, 6) is 1.04. The molecule has 1 aromatic heterocycles. The summed E-state index contributed by atoms with van der Waals surface area (Å²) in [6.45, 7) is 3.10. The standard InChI is InChI=1S/C15H20N2O3/c1-11-14(18)17-8-3-2-6-13(17)15(19)16(11)9-7-12-5-4-10-20-12/h4-5,10-11,13H,2-3,6-9H2,1H3. The highest BCUT2D eigenvalue weighted by Gasteiger charge is 2.44. The van der Waals surface area contributed by atoms with Crippen LogP contribution >= 0.6 is 0 Å². The summed E-state index contributed by atoms with van der Waals surface area (Å²) in [5.41, 5.74) is 0. The van der Waals surface area contributed by atoms with Gasteiger partial charge in [0.25, 0.3) is 0 Å². The zero-order valence-electron chi connectivity index (χ0n) is 11.7. The van der Waals surface area contributed by atoms with Crippen molar-refractivity contribution in [2.45, 2.75) is 44.7 Å². The van der Waals surface area contributed by atoms with Gasteiger partial charge in [0, 0.05) is 19.5 Å². The molecule has 0 aromatic carbocycles. The molecule has 3 rings (SSSR count). The zero-order chi connectivity index (χ0) is 14.1. The number of fused-ring (bicyclic) bond motifs is 1. The molecule has 2 aliphatic rings. The quantitative estimate of drug-likeness (QED) is 0.839. The Labute approximate surface area is 118 Å². The van der Waals surface area contributed by atoms with Crippen molar-refractivity contribution in [3.63, 3.8) is 0 Å². The number of carbonyl (C=O) groups excluding carboxylic acids is 2. The maximum absolute atomic E-state index is 12.6. The van der Waals surface area contributed by atoms with E-state index in [0.717, 1.165) is 31.6 Å². The molecule has 2 amide bonds. The Hall–Kier alpha value is -1.78. The van der Waals surface area contributed by atoms with Crippen LogP contribution in [0.1, 0.15) is 31.9 Å². The molecule has 20 heavy (non-hydrogen) atoms. The van der Waals surface area contributed by atoms with Crippen molar-refractivity contribution < 1.29 is 14.0 Å². The number of hydrogen-bond acceptors (Lipinski definition) is 3. The van der Waals surface area contributed by atoms with Crippen LogP contribution in [0, 0.1) is 0 Å². The Kier molecular flexibility index (Phi) is 3.51. The second-order valence-electron chi connectivity index (χ2n) is 5.58. The van der Waals surface area contributed by atoms with Crippen LogP contribution in [0.25, 0.3) is 0 Å². The highest BCUT2D eigenvalue weighted by Crippen LogP contribution is 2.26. The van der Waals surface area contributed by atoms with Crippen LogP contribution in [0.4, 0.5) is 0 Å². The van der Waals surface area contributed by atoms with E-state index in [1.807, 2.05) is 19.1 Å². The molecule has 3 heterocycles. The van der Waals surface area contributed by atoms with Gasteiger partial charge in [-0.05, 0) is 38.3 Å². The van der Waals surface area contributed by atoms with E-state index < -0.39 is 0 Å². The molecule has 0 N–H and O–H groups in total. The summed E-state index contributed by atoms with van der Waals surface area (Å²) in [6.07, 6.45) is 5.12. The third kappa shape index (κ3) is 2.21. The molecule has 0 radical (unpaired) electrons. The molecule has 0 aliphatic carbocycles. The highest BCUT2D eigenvalue weighted by molar-refractivity contribution is 5.96. The summed E-state index contributed by atoms with van der Waals surface area (Å²) < 4.78 is 5.30. The van der Waals surface area contributed by atoms with E-state index in [1.165, 1.54) is 0 Å². The van der Waals surface area contributed by atoms with Crippen LogP contribution in [0.3, 0.4) is 0 Å². The first kappa shape index (κ1) is 13.2. The normalized spacial score (nSPS) is 26.9. The largest absolute Gasteiger partial charge is 0.469 e. The first-order valence-electron chi connectivity index (χ1n) is 7.32. The third-order valence-corrected chi connectivity index (χ3v) is 4.36. The van der Waals surface area contributed by atoms with Gasteiger partial charge in [-0.25, -0.2) is 0 Å². The van der Waals surface area contributed by atoms with E-state index in [1.54, 1.807) is 16.1 Å². The number of amides is 2. The maximum Gasteiger partial charge on any atom is 0.246 e. The number of rotatable bonds is 3. The van der Waals surface area contributed by atoms with Gasteiger partial charge in [-0.15, -0.1) is 0 Å². The molecule has 2 unspecified atom stereocenters. The van der Waals surface area contributed by atoms with Crippen molar-refractivity contribution in [2.24, 2.45) is 0 Å². The smallest absolute Gasteiger partial charge is 0.246 e. The summed E-state index contributed by atoms with van der Waals surface area (Å²) >= 11 is 0. The van der Waals surface area contributed by atoms with Gasteiger partial charge in [0.15, 0.2) is 0 Å². The fraction of sp³-hybridized carbons (Fsp3) is 0.600. The monoisotopic (exact) mass is 276 g/mol. The van der Waals surface area contributed by atoms with Gasteiger partial charge < -0.3 is 14.2 Å². The lowest BCUT2D eigenvalue weighted by Crippen LogP contribution is -2.65. The van der Waals surface area contributed by atoms with Crippen molar-refractivity contribution in [2.75, 3.05) is 13.1 Å². The van der Waals surface area contributed by atoms with E-state index in [-0.39, 0.29) is 23.9 Å². The topological polar surface area (TPSA) is 53.8 Å². The summed E-state index contributed by atoms with van der Waals surface area (Å²) in [5, 5.41) is 0. The summed E-state index contributed by atoms with van der Waals surface area (Å²) in [7, 11) is 0. The molecule has 2 atom stereocenters. The zero-order valence-corrected chi connectivity index (χ0v) is 11.7. The number of piperidine rings is 1. The molecule has 0 bridgehead atoms. The van der Waals surface area contributed by atoms with Crippen molar-refractivity contribution >= 4 is 11.8 Å². The lowest BCUT2D eigenvalue weighted by molar-refractivity contribution is -0.162. The first-order chi connectivity index (χ1) is 9.68. The lowest BCUT2D eigenvalue weighted by Gasteiger charge is -2.46. The summed E-state index contributed by atoms with van der Waals surface area (Å²) in [4.78, 5) is 28.5. The second kappa shape index (κ2) is 5.31. The minimum atomic E-state index is -0.355. The van der Waals surface area contributed by atoms with Crippen molar-refractivity contribution in [1.29, 1.82) is 0 Å². The number of carbonyl (C=O) groups is 2. The molecular weight excluding hydrogens is 256 g/mol. The molecule has 0 saturated carbocycles. The predicted molar refractivity (Wildman–Crippen MR) is 72.9 cm³/mol. The van der Waals surface area contributed by atoms with E-state index in [9.17, 15) is 9.59 Å². The van der Waals surface area contributed by atoms with Crippen LogP contribution in [0.15, 0.2) is 22.8 Å². The van der Waals surface area contributed by atoms with Crippen molar-refractivity contribution in [3.8, 4) is 0 Å². The van der Waals surface area contributed by atoms with Gasteiger partial charge in [0.2, 0.25) is 11.8 Å². The second-order valence-corrected chi connectivity index (χ2v) is 5.58. The van der Waals surface area contributed by atoms with Crippen LogP contribution in [0.5, 0.6) is 0 Å². The number of hydrogen-bond donors (Lipinski definition) is 0. The Morgan fingerprint density at radius 2 is 2.15 bits per heavy atom. The van der Waals surface area contributed by atoms with E-state index in [4.69, 9.17) is 4.42 Å². The van der Waals surface area contributed by atoms with Crippen molar-refractivity contribution in [3.05, 3.63) is 24.2 Å². The highest BCUT2D eigenvalue weighted by atomic mass is 16.3. The van der Waals surface area contributed by atoms with Gasteiger partial charge in [-0.1, -0.05) is 0 Å². The minimum absolute atomic E-state index is 0.0914. The molecule has 2 aliphatic heterocycles. The average molecular weight is 276 g/mol. The van der Waals surface area contributed by atoms with Crippen LogP contribution in [-0.2, 0) is 16.0 Å². The van der Waals surface area contributed by atoms with Crippen LogP contribution < -0.4 is 0 Å². The Balaban J connectivity index is 1.72. The van der Waals surface area contributed by atoms with E-state index in [2.05, 4.69) is 0 Å². The number of piperazine rings is 1. The number of furan rings is 1. The summed E-state index contributed by atoms with van der Waals surface area (Å²) in [6, 6.07) is 3.15. The molecule has 1 aromatic rings. The SMILES string of the molecule is CC1C(=O)N2CCCCC2C(=O)N1CCc1ccco1. The van der Waals surface area contributed by atoms with Gasteiger partial charge in [-0.3, -0.25) is 9.59 Å². The van der Waals surface area contributed by atoms with Gasteiger partial charge in [-0.2, -0.15) is 0 Å². The molecule has 108 valence electrons. The van der Waals surface area contributed by atoms with Crippen molar-refractivity contribution in [1.82, 2.24) is 9.80 Å². The van der Waals surface area contributed by atoms with Crippen LogP contribution in [-0.4, -0.2) is 46.8 Å². The molecule has 0 spiro atoms. The Morgan fingerprint density at radius 1 is 1.30 bits per heavy atom. The van der Waals surface area contributed by atoms with E-state index in [0.29, 0.717) is 13.0 Å². The van der Waals surface area contributed by atoms with E-state index >= 15 is 0 Å². The fourth-order valence-corrected chi connectivity index (χ4v) is 3.20. The predicted octanol–water partition coefficient (Wildman–Crippen LogP) is 1.43. The maximum atomic E-state index is 12.6. The Morgan fingerprint density at radius 3 is 2.90 bits per heavy atom. The first-order valence-corrected chi connectivity index (χ1v) is 7.32. The minimum Gasteiger partial charge on any atom is -0.469 e. The molecule has 2 fully saturated rings. The molecule has 5 nitrogen and oxygen atoms in total. The van der Waals surface area contributed by atoms with Gasteiger partial charge in [0.05, 0.1) is 6.26 Å². The fourth-order valence-electron chi connectivity index (χ4n) is 3.20. The molecular formula is C15H20N2O3. The van der Waals surface area contributed by atoms with Crippen LogP contribution in [0.2, 0.25) is 0 Å². The Bertz CT molecular complexity index is 497. The van der Waals surface area contributed by atoms with Gasteiger partial charge >= 0.3 is 0 Å². The average Bonchev–Trinajstić information content (AvgIpc) is 2.98. The number of nitrogens with zero attached hydrogens (tertiary/aromatic N) is 2. The molecule has 5 heteroatoms. The van der Waals surface area contributed by atoms with Gasteiger partial charge in [0.1, 0.15) is 17.8 Å². The lowest BCUT2D eigenvalue weighted by atomic mass is 9.95. The molecule has 2 saturated heterocycles.